The summed E-state index contributed by atoms with van der Waals surface area (Å²) in [6.45, 7) is 4.54. The lowest BCUT2D eigenvalue weighted by atomic mass is 10.1. The molecule has 1 aromatic carbocycles. The van der Waals surface area contributed by atoms with Gasteiger partial charge in [0.2, 0.25) is 5.91 Å². The van der Waals surface area contributed by atoms with Crippen LogP contribution in [0.25, 0.3) is 0 Å². The van der Waals surface area contributed by atoms with E-state index in [0.717, 1.165) is 43.9 Å². The first-order chi connectivity index (χ1) is 14.1. The minimum absolute atomic E-state index is 0.0667. The SMILES string of the molecule is CCCCNC(=O)c1cccc(NC(=O)C[C@H]2SC(N3CCCCC3)=NC2=O)c1. The minimum atomic E-state index is -0.479. The molecule has 0 saturated carbocycles. The lowest BCUT2D eigenvalue weighted by molar-refractivity contribution is -0.121. The molecule has 0 bridgehead atoms. The number of amidine groups is 1. The van der Waals surface area contributed by atoms with Crippen LogP contribution in [0.4, 0.5) is 5.69 Å². The first-order valence-corrected chi connectivity index (χ1v) is 11.2. The van der Waals surface area contributed by atoms with E-state index in [2.05, 4.69) is 27.4 Å². The van der Waals surface area contributed by atoms with E-state index in [1.807, 2.05) is 0 Å². The normalized spacial score (nSPS) is 19.1. The molecule has 7 nitrogen and oxygen atoms in total. The molecule has 2 aliphatic rings. The first kappa shape index (κ1) is 21.4. The van der Waals surface area contributed by atoms with E-state index in [9.17, 15) is 14.4 Å². The van der Waals surface area contributed by atoms with Crippen molar-refractivity contribution in [3.63, 3.8) is 0 Å². The zero-order valence-electron chi connectivity index (χ0n) is 16.8. The maximum absolute atomic E-state index is 12.4. The van der Waals surface area contributed by atoms with Crippen LogP contribution in [0.1, 0.15) is 55.8 Å². The second-order valence-corrected chi connectivity index (χ2v) is 8.50. The highest BCUT2D eigenvalue weighted by molar-refractivity contribution is 8.15. The molecule has 0 radical (unpaired) electrons. The van der Waals surface area contributed by atoms with Crippen LogP contribution in [0.3, 0.4) is 0 Å². The smallest absolute Gasteiger partial charge is 0.262 e. The number of nitrogens with zero attached hydrogens (tertiary/aromatic N) is 2. The van der Waals surface area contributed by atoms with E-state index in [-0.39, 0.29) is 24.1 Å². The van der Waals surface area contributed by atoms with E-state index in [4.69, 9.17) is 0 Å². The lowest BCUT2D eigenvalue weighted by Gasteiger charge is -2.27. The Morgan fingerprint density at radius 1 is 1.24 bits per heavy atom. The summed E-state index contributed by atoms with van der Waals surface area (Å²) < 4.78 is 0. The molecule has 2 N–H and O–H groups in total. The third kappa shape index (κ3) is 6.06. The average molecular weight is 417 g/mol. The van der Waals surface area contributed by atoms with Gasteiger partial charge in [-0.1, -0.05) is 31.2 Å². The van der Waals surface area contributed by atoms with Gasteiger partial charge < -0.3 is 15.5 Å². The number of rotatable bonds is 7. The lowest BCUT2D eigenvalue weighted by Crippen LogP contribution is -2.33. The third-order valence-corrected chi connectivity index (χ3v) is 6.16. The number of nitrogens with one attached hydrogen (secondary N) is 2. The second kappa shape index (κ2) is 10.4. The molecule has 3 amide bonds. The number of aliphatic imine (C=N–C) groups is 1. The van der Waals surface area contributed by atoms with Gasteiger partial charge >= 0.3 is 0 Å². The summed E-state index contributed by atoms with van der Waals surface area (Å²) >= 11 is 1.38. The molecular formula is C21H28N4O3S. The van der Waals surface area contributed by atoms with Crippen LogP contribution in [0.5, 0.6) is 0 Å². The van der Waals surface area contributed by atoms with Crippen LogP contribution in [-0.4, -0.2) is 52.7 Å². The van der Waals surface area contributed by atoms with Gasteiger partial charge in [0, 0.05) is 37.3 Å². The average Bonchev–Trinajstić information content (AvgIpc) is 3.09. The van der Waals surface area contributed by atoms with Crippen LogP contribution in [-0.2, 0) is 9.59 Å². The quantitative estimate of drug-likeness (QED) is 0.667. The number of anilines is 1. The summed E-state index contributed by atoms with van der Waals surface area (Å²) in [5, 5.41) is 5.93. The van der Waals surface area contributed by atoms with Gasteiger partial charge in [-0.25, -0.2) is 0 Å². The predicted molar refractivity (Wildman–Crippen MR) is 116 cm³/mol. The molecular weight excluding hydrogens is 388 g/mol. The molecule has 0 spiro atoms. The number of carbonyl (C=O) groups excluding carboxylic acids is 3. The number of hydrogen-bond acceptors (Lipinski definition) is 5. The number of amides is 3. The molecule has 0 aromatic heterocycles. The molecule has 1 aromatic rings. The Balaban J connectivity index is 1.51. The van der Waals surface area contributed by atoms with Gasteiger partial charge in [-0.2, -0.15) is 4.99 Å². The Labute approximate surface area is 175 Å². The van der Waals surface area contributed by atoms with Crippen LogP contribution < -0.4 is 10.6 Å². The second-order valence-electron chi connectivity index (χ2n) is 7.33. The van der Waals surface area contributed by atoms with Gasteiger partial charge in [-0.3, -0.25) is 14.4 Å². The highest BCUT2D eigenvalue weighted by Gasteiger charge is 2.33. The Hall–Kier alpha value is -2.35. The summed E-state index contributed by atoms with van der Waals surface area (Å²) in [5.74, 6) is -0.653. The Bertz CT molecular complexity index is 790. The van der Waals surface area contributed by atoms with Gasteiger partial charge in [0.15, 0.2) is 5.17 Å². The van der Waals surface area contributed by atoms with E-state index in [1.54, 1.807) is 24.3 Å². The highest BCUT2D eigenvalue weighted by atomic mass is 32.2. The fourth-order valence-electron chi connectivity index (χ4n) is 3.33. The predicted octanol–water partition coefficient (Wildman–Crippen LogP) is 3.03. The van der Waals surface area contributed by atoms with E-state index >= 15 is 0 Å². The molecule has 1 atom stereocenters. The van der Waals surface area contributed by atoms with Crippen LogP contribution in [0.15, 0.2) is 29.3 Å². The van der Waals surface area contributed by atoms with Gasteiger partial charge in [0.25, 0.3) is 11.8 Å². The van der Waals surface area contributed by atoms with Gasteiger partial charge in [-0.15, -0.1) is 0 Å². The van der Waals surface area contributed by atoms with Crippen molar-refractivity contribution in [2.45, 2.75) is 50.7 Å². The van der Waals surface area contributed by atoms with Crippen LogP contribution in [0, 0.1) is 0 Å². The van der Waals surface area contributed by atoms with Gasteiger partial charge in [-0.05, 0) is 43.9 Å². The van der Waals surface area contributed by atoms with Crippen molar-refractivity contribution >= 4 is 40.3 Å². The molecule has 1 saturated heterocycles. The molecule has 2 aliphatic heterocycles. The molecule has 8 heteroatoms. The summed E-state index contributed by atoms with van der Waals surface area (Å²) in [7, 11) is 0. The Kier molecular flexibility index (Phi) is 7.69. The number of likely N-dealkylation sites (tertiary alicyclic amines) is 1. The highest BCUT2D eigenvalue weighted by Crippen LogP contribution is 2.29. The zero-order valence-corrected chi connectivity index (χ0v) is 17.6. The largest absolute Gasteiger partial charge is 0.352 e. The van der Waals surface area contributed by atoms with Crippen LogP contribution in [0.2, 0.25) is 0 Å². The maximum atomic E-state index is 12.4. The molecule has 29 heavy (non-hydrogen) atoms. The number of unbranched alkanes of at least 4 members (excludes halogenated alkanes) is 1. The van der Waals surface area contributed by atoms with E-state index < -0.39 is 5.25 Å². The number of piperidine rings is 1. The fraction of sp³-hybridized carbons (Fsp3) is 0.524. The monoisotopic (exact) mass is 416 g/mol. The van der Waals surface area contributed by atoms with E-state index in [0.29, 0.717) is 17.8 Å². The van der Waals surface area contributed by atoms with Crippen molar-refractivity contribution in [1.29, 1.82) is 0 Å². The summed E-state index contributed by atoms with van der Waals surface area (Å²) in [4.78, 5) is 43.1. The molecule has 0 unspecified atom stereocenters. The van der Waals surface area contributed by atoms with Crippen molar-refractivity contribution in [2.75, 3.05) is 25.0 Å². The summed E-state index contributed by atoms with van der Waals surface area (Å²) in [6, 6.07) is 6.84. The number of carbonyl (C=O) groups is 3. The Morgan fingerprint density at radius 3 is 2.79 bits per heavy atom. The van der Waals surface area contributed by atoms with Gasteiger partial charge in [0.1, 0.15) is 5.25 Å². The van der Waals surface area contributed by atoms with Crippen molar-refractivity contribution in [1.82, 2.24) is 10.2 Å². The van der Waals surface area contributed by atoms with Crippen molar-refractivity contribution in [3.05, 3.63) is 29.8 Å². The fourth-order valence-corrected chi connectivity index (χ4v) is 4.45. The van der Waals surface area contributed by atoms with Crippen LogP contribution >= 0.6 is 11.8 Å². The number of thioether (sulfide) groups is 1. The molecule has 0 aliphatic carbocycles. The first-order valence-electron chi connectivity index (χ1n) is 10.3. The molecule has 156 valence electrons. The molecule has 2 heterocycles. The minimum Gasteiger partial charge on any atom is -0.352 e. The van der Waals surface area contributed by atoms with Crippen molar-refractivity contribution < 1.29 is 14.4 Å². The third-order valence-electron chi connectivity index (χ3n) is 4.95. The molecule has 3 rings (SSSR count). The number of hydrogen-bond donors (Lipinski definition) is 2. The van der Waals surface area contributed by atoms with Crippen molar-refractivity contribution in [3.8, 4) is 0 Å². The van der Waals surface area contributed by atoms with Gasteiger partial charge in [0.05, 0.1) is 0 Å². The molecule has 1 fully saturated rings. The van der Waals surface area contributed by atoms with E-state index in [1.165, 1.54) is 18.2 Å². The van der Waals surface area contributed by atoms with Crippen molar-refractivity contribution in [2.24, 2.45) is 4.99 Å². The summed E-state index contributed by atoms with van der Waals surface area (Å²) in [5.41, 5.74) is 1.05. The maximum Gasteiger partial charge on any atom is 0.262 e. The number of benzene rings is 1. The topological polar surface area (TPSA) is 90.9 Å². The standard InChI is InChI=1S/C21H28N4O3S/c1-2-3-10-22-19(27)15-8-7-9-16(13-15)23-18(26)14-17-20(28)24-21(29-17)25-11-5-4-6-12-25/h7-9,13,17H,2-6,10-12,14H2,1H3,(H,22,27)(H,23,26)/t17-/m1/s1. The zero-order chi connectivity index (χ0) is 20.6. The summed E-state index contributed by atoms with van der Waals surface area (Å²) in [6.07, 6.45) is 5.44. The Morgan fingerprint density at radius 2 is 2.03 bits per heavy atom.